The molecule has 2 aliphatic heterocycles. The molecule has 1 spiro atoms. The van der Waals surface area contributed by atoms with Gasteiger partial charge in [-0.1, -0.05) is 12.1 Å². The fourth-order valence-electron chi connectivity index (χ4n) is 4.17. The third-order valence-electron chi connectivity index (χ3n) is 6.13. The monoisotopic (exact) mass is 425 g/mol. The fraction of sp³-hybridized carbons (Fsp3) is 0.391. The zero-order valence-corrected chi connectivity index (χ0v) is 18.4. The summed E-state index contributed by atoms with van der Waals surface area (Å²) in [5, 5.41) is 3.05. The van der Waals surface area contributed by atoms with Crippen LogP contribution in [0.15, 0.2) is 42.5 Å². The molecule has 0 aliphatic carbocycles. The van der Waals surface area contributed by atoms with Gasteiger partial charge in [-0.2, -0.15) is 0 Å². The Labute approximate surface area is 181 Å². The molecule has 6 nitrogen and oxygen atoms in total. The standard InChI is InChI=1S/C23H27N3O3S/c1-16-5-4-6-20(17(16)2)24-22(28)25-13-11-23(12-14-25)26(21(27)15-30-23)18-7-9-19(29-3)10-8-18/h4-10H,11-15H2,1-3H3,(H,24,28). The number of aryl methyl sites for hydroxylation is 1. The van der Waals surface area contributed by atoms with E-state index >= 15 is 0 Å². The number of hydrogen-bond acceptors (Lipinski definition) is 4. The number of nitrogens with zero attached hydrogens (tertiary/aromatic N) is 2. The maximum absolute atomic E-state index is 12.8. The number of methoxy groups -OCH3 is 1. The molecule has 0 aromatic heterocycles. The highest BCUT2D eigenvalue weighted by Gasteiger charge is 2.49. The summed E-state index contributed by atoms with van der Waals surface area (Å²) in [5.41, 5.74) is 3.98. The molecule has 7 heteroatoms. The molecule has 0 atom stereocenters. The molecule has 2 aromatic rings. The lowest BCUT2D eigenvalue weighted by molar-refractivity contribution is -0.116. The van der Waals surface area contributed by atoms with E-state index in [1.54, 1.807) is 18.9 Å². The van der Waals surface area contributed by atoms with Crippen molar-refractivity contribution >= 4 is 35.1 Å². The molecule has 0 unspecified atom stereocenters. The average molecular weight is 426 g/mol. The van der Waals surface area contributed by atoms with E-state index < -0.39 is 0 Å². The molecule has 2 heterocycles. The summed E-state index contributed by atoms with van der Waals surface area (Å²) < 4.78 is 5.24. The number of ether oxygens (including phenoxy) is 1. The van der Waals surface area contributed by atoms with Gasteiger partial charge in [0.2, 0.25) is 5.91 Å². The molecule has 158 valence electrons. The maximum atomic E-state index is 12.8. The summed E-state index contributed by atoms with van der Waals surface area (Å²) in [4.78, 5) is 29.0. The van der Waals surface area contributed by atoms with Gasteiger partial charge in [0.1, 0.15) is 5.75 Å². The Morgan fingerprint density at radius 2 is 1.80 bits per heavy atom. The van der Waals surface area contributed by atoms with Crippen LogP contribution in [0.4, 0.5) is 16.2 Å². The number of hydrogen-bond donors (Lipinski definition) is 1. The van der Waals surface area contributed by atoms with E-state index in [1.165, 1.54) is 0 Å². The SMILES string of the molecule is COc1ccc(N2C(=O)CSC23CCN(C(=O)Nc2cccc(C)c2C)CC3)cc1. The number of rotatable bonds is 3. The second kappa shape index (κ2) is 8.22. The Balaban J connectivity index is 1.46. The lowest BCUT2D eigenvalue weighted by Crippen LogP contribution is -2.53. The topological polar surface area (TPSA) is 61.9 Å². The third kappa shape index (κ3) is 3.74. The van der Waals surface area contributed by atoms with Crippen LogP contribution >= 0.6 is 11.8 Å². The summed E-state index contributed by atoms with van der Waals surface area (Å²) in [6.07, 6.45) is 1.49. The van der Waals surface area contributed by atoms with Crippen LogP contribution in [-0.4, -0.2) is 47.7 Å². The highest BCUT2D eigenvalue weighted by molar-refractivity contribution is 8.02. The number of carbonyl (C=O) groups excluding carboxylic acids is 2. The molecule has 2 aromatic carbocycles. The van der Waals surface area contributed by atoms with Crippen LogP contribution in [0.1, 0.15) is 24.0 Å². The molecule has 3 amide bonds. The van der Waals surface area contributed by atoms with Crippen molar-refractivity contribution in [3.05, 3.63) is 53.6 Å². The number of amides is 3. The number of urea groups is 1. The highest BCUT2D eigenvalue weighted by atomic mass is 32.2. The van der Waals surface area contributed by atoms with Crippen molar-refractivity contribution in [2.45, 2.75) is 31.6 Å². The van der Waals surface area contributed by atoms with E-state index in [0.717, 1.165) is 41.1 Å². The van der Waals surface area contributed by atoms with Gasteiger partial charge in [0, 0.05) is 24.5 Å². The first-order valence-corrected chi connectivity index (χ1v) is 11.2. The second-order valence-corrected chi connectivity index (χ2v) is 9.16. The van der Waals surface area contributed by atoms with E-state index in [0.29, 0.717) is 18.8 Å². The lowest BCUT2D eigenvalue weighted by Gasteiger charge is -2.44. The van der Waals surface area contributed by atoms with E-state index in [1.807, 2.05) is 66.1 Å². The zero-order valence-electron chi connectivity index (χ0n) is 17.6. The molecule has 2 fully saturated rings. The predicted molar refractivity (Wildman–Crippen MR) is 121 cm³/mol. The molecule has 0 bridgehead atoms. The summed E-state index contributed by atoms with van der Waals surface area (Å²) in [6.45, 7) is 5.29. The summed E-state index contributed by atoms with van der Waals surface area (Å²) in [6, 6.07) is 13.5. The number of nitrogens with one attached hydrogen (secondary N) is 1. The van der Waals surface area contributed by atoms with Crippen LogP contribution in [0.3, 0.4) is 0 Å². The molecule has 4 rings (SSSR count). The van der Waals surface area contributed by atoms with Crippen molar-refractivity contribution in [1.29, 1.82) is 0 Å². The second-order valence-electron chi connectivity index (χ2n) is 7.83. The molecule has 0 radical (unpaired) electrons. The lowest BCUT2D eigenvalue weighted by atomic mass is 10.0. The van der Waals surface area contributed by atoms with Crippen LogP contribution in [0.2, 0.25) is 0 Å². The van der Waals surface area contributed by atoms with E-state index in [-0.39, 0.29) is 16.8 Å². The first kappa shape index (κ1) is 20.6. The largest absolute Gasteiger partial charge is 0.497 e. The van der Waals surface area contributed by atoms with Gasteiger partial charge < -0.3 is 15.0 Å². The molecular weight excluding hydrogens is 398 g/mol. The number of benzene rings is 2. The van der Waals surface area contributed by atoms with Gasteiger partial charge in [-0.25, -0.2) is 4.79 Å². The quantitative estimate of drug-likeness (QED) is 0.791. The Bertz CT molecular complexity index is 953. The van der Waals surface area contributed by atoms with Crippen LogP contribution in [-0.2, 0) is 4.79 Å². The van der Waals surface area contributed by atoms with Gasteiger partial charge in [-0.3, -0.25) is 9.69 Å². The van der Waals surface area contributed by atoms with Crippen LogP contribution in [0, 0.1) is 13.8 Å². The van der Waals surface area contributed by atoms with Gasteiger partial charge in [-0.15, -0.1) is 11.8 Å². The van der Waals surface area contributed by atoms with Crippen molar-refractivity contribution in [2.24, 2.45) is 0 Å². The number of anilines is 2. The molecule has 2 aliphatic rings. The Morgan fingerprint density at radius 3 is 2.47 bits per heavy atom. The van der Waals surface area contributed by atoms with Gasteiger partial charge in [-0.05, 0) is 68.1 Å². The van der Waals surface area contributed by atoms with Gasteiger partial charge in [0.25, 0.3) is 0 Å². The summed E-state index contributed by atoms with van der Waals surface area (Å²) in [7, 11) is 1.63. The third-order valence-corrected chi connectivity index (χ3v) is 7.65. The van der Waals surface area contributed by atoms with Gasteiger partial charge in [0.05, 0.1) is 17.7 Å². The number of carbonyl (C=O) groups is 2. The number of piperidine rings is 1. The van der Waals surface area contributed by atoms with Crippen LogP contribution < -0.4 is 15.0 Å². The minimum Gasteiger partial charge on any atom is -0.497 e. The molecule has 30 heavy (non-hydrogen) atoms. The Kier molecular flexibility index (Phi) is 5.64. The van der Waals surface area contributed by atoms with Gasteiger partial charge >= 0.3 is 6.03 Å². The molecule has 2 saturated heterocycles. The minimum atomic E-state index is -0.290. The normalized spacial score (nSPS) is 18.0. The van der Waals surface area contributed by atoms with Crippen molar-refractivity contribution < 1.29 is 14.3 Å². The molecule has 1 N–H and O–H groups in total. The highest BCUT2D eigenvalue weighted by Crippen LogP contribution is 2.47. The van der Waals surface area contributed by atoms with E-state index in [2.05, 4.69) is 5.32 Å². The van der Waals surface area contributed by atoms with Crippen molar-refractivity contribution in [2.75, 3.05) is 36.2 Å². The van der Waals surface area contributed by atoms with Crippen LogP contribution in [0.5, 0.6) is 5.75 Å². The fourth-order valence-corrected chi connectivity index (χ4v) is 5.50. The molecular formula is C23H27N3O3S. The number of likely N-dealkylation sites (tertiary alicyclic amines) is 1. The zero-order chi connectivity index (χ0) is 21.3. The van der Waals surface area contributed by atoms with Crippen LogP contribution in [0.25, 0.3) is 0 Å². The smallest absolute Gasteiger partial charge is 0.321 e. The molecule has 0 saturated carbocycles. The first-order chi connectivity index (χ1) is 14.4. The number of thioether (sulfide) groups is 1. The summed E-state index contributed by atoms with van der Waals surface area (Å²) in [5.74, 6) is 1.37. The summed E-state index contributed by atoms with van der Waals surface area (Å²) >= 11 is 1.70. The Hall–Kier alpha value is -2.67. The van der Waals surface area contributed by atoms with E-state index in [9.17, 15) is 9.59 Å². The average Bonchev–Trinajstić information content (AvgIpc) is 3.07. The van der Waals surface area contributed by atoms with Crippen molar-refractivity contribution in [3.63, 3.8) is 0 Å². The van der Waals surface area contributed by atoms with Gasteiger partial charge in [0.15, 0.2) is 0 Å². The predicted octanol–water partition coefficient (Wildman–Crippen LogP) is 4.42. The first-order valence-electron chi connectivity index (χ1n) is 10.2. The van der Waals surface area contributed by atoms with Crippen molar-refractivity contribution in [3.8, 4) is 5.75 Å². The van der Waals surface area contributed by atoms with Crippen molar-refractivity contribution in [1.82, 2.24) is 4.90 Å². The maximum Gasteiger partial charge on any atom is 0.321 e. The minimum absolute atomic E-state index is 0.0797. The Morgan fingerprint density at radius 1 is 1.10 bits per heavy atom. The van der Waals surface area contributed by atoms with E-state index in [4.69, 9.17) is 4.74 Å².